The Labute approximate surface area is 143 Å². The van der Waals surface area contributed by atoms with Crippen molar-refractivity contribution < 1.29 is 4.39 Å². The van der Waals surface area contributed by atoms with Crippen molar-refractivity contribution in [3.63, 3.8) is 0 Å². The number of fused-ring (bicyclic) bond motifs is 1. The molecule has 0 aliphatic heterocycles. The Balaban J connectivity index is 1.99. The Kier molecular flexibility index (Phi) is 3.47. The third kappa shape index (κ3) is 2.72. The second kappa shape index (κ2) is 5.80. The van der Waals surface area contributed by atoms with Gasteiger partial charge in [-0.25, -0.2) is 13.9 Å². The first kappa shape index (κ1) is 15.0. The molecule has 2 heterocycles. The van der Waals surface area contributed by atoms with Gasteiger partial charge in [-0.2, -0.15) is 0 Å². The third-order valence-electron chi connectivity index (χ3n) is 3.78. The number of hydrogen-bond acceptors (Lipinski definition) is 3. The summed E-state index contributed by atoms with van der Waals surface area (Å²) in [6, 6.07) is 16.0. The predicted molar refractivity (Wildman–Crippen MR) is 93.7 cm³/mol. The standard InChI is InChI=1S/C19H13FN4O/c1-23-10-9-14(12-23)21-19-22-17-8-7-13(20)11-16(17)18(25)24(19)15-5-3-2-4-6-15/h2-8,11-12H,1H3,(H,21,22). The van der Waals surface area contributed by atoms with E-state index in [9.17, 15) is 9.18 Å². The van der Waals surface area contributed by atoms with E-state index in [2.05, 4.69) is 22.6 Å². The summed E-state index contributed by atoms with van der Waals surface area (Å²) in [6.07, 6.45) is 4.65. The monoisotopic (exact) mass is 332 g/mol. The van der Waals surface area contributed by atoms with Gasteiger partial charge in [0.05, 0.1) is 16.6 Å². The fourth-order valence-electron chi connectivity index (χ4n) is 2.65. The van der Waals surface area contributed by atoms with Crippen molar-refractivity contribution in [3.8, 4) is 5.69 Å². The molecule has 0 saturated carbocycles. The van der Waals surface area contributed by atoms with Crippen molar-refractivity contribution in [2.24, 2.45) is 7.05 Å². The van der Waals surface area contributed by atoms with Crippen LogP contribution in [0.3, 0.4) is 0 Å². The molecule has 0 saturated heterocycles. The van der Waals surface area contributed by atoms with Gasteiger partial charge in [0, 0.05) is 19.4 Å². The predicted octanol–water partition coefficient (Wildman–Crippen LogP) is 3.21. The van der Waals surface area contributed by atoms with Crippen LogP contribution in [-0.4, -0.2) is 14.1 Å². The van der Waals surface area contributed by atoms with E-state index in [1.165, 1.54) is 22.8 Å². The lowest BCUT2D eigenvalue weighted by Gasteiger charge is -2.14. The first-order chi connectivity index (χ1) is 12.1. The van der Waals surface area contributed by atoms with E-state index in [4.69, 9.17) is 0 Å². The molecular weight excluding hydrogens is 319 g/mol. The van der Waals surface area contributed by atoms with Crippen LogP contribution in [0.2, 0.25) is 0 Å². The zero-order valence-electron chi connectivity index (χ0n) is 13.3. The number of aryl methyl sites for hydroxylation is 1. The lowest BCUT2D eigenvalue weighted by atomic mass is 10.2. The Hall–Kier alpha value is -3.59. The van der Waals surface area contributed by atoms with Gasteiger partial charge in [-0.3, -0.25) is 4.79 Å². The highest BCUT2D eigenvalue weighted by Gasteiger charge is 2.14. The van der Waals surface area contributed by atoms with E-state index in [0.717, 1.165) is 0 Å². The van der Waals surface area contributed by atoms with E-state index in [1.807, 2.05) is 25.2 Å². The molecule has 4 rings (SSSR count). The average molecular weight is 332 g/mol. The van der Waals surface area contributed by atoms with Gasteiger partial charge in [0.1, 0.15) is 11.5 Å². The van der Waals surface area contributed by atoms with Crippen LogP contribution in [0, 0.1) is 18.1 Å². The highest BCUT2D eigenvalue weighted by atomic mass is 19.1. The highest BCUT2D eigenvalue weighted by Crippen LogP contribution is 2.19. The topological polar surface area (TPSA) is 51.9 Å². The van der Waals surface area contributed by atoms with Gasteiger partial charge >= 0.3 is 0 Å². The molecule has 0 atom stereocenters. The van der Waals surface area contributed by atoms with Gasteiger partial charge in [-0.05, 0) is 36.4 Å². The minimum Gasteiger partial charge on any atom is -0.317 e. The summed E-state index contributed by atoms with van der Waals surface area (Å²) < 4.78 is 16.7. The van der Waals surface area contributed by atoms with Gasteiger partial charge in [0.2, 0.25) is 5.95 Å². The molecular formula is C19H13FN4O. The first-order valence-corrected chi connectivity index (χ1v) is 7.63. The minimum absolute atomic E-state index is 0.220. The van der Waals surface area contributed by atoms with Crippen molar-refractivity contribution in [2.45, 2.75) is 0 Å². The Morgan fingerprint density at radius 1 is 1.16 bits per heavy atom. The van der Waals surface area contributed by atoms with E-state index < -0.39 is 5.82 Å². The smallest absolute Gasteiger partial charge is 0.267 e. The Morgan fingerprint density at radius 2 is 1.96 bits per heavy atom. The van der Waals surface area contributed by atoms with Crippen molar-refractivity contribution in [3.05, 3.63) is 83.2 Å². The molecule has 0 radical (unpaired) electrons. The van der Waals surface area contributed by atoms with Gasteiger partial charge < -0.3 is 9.88 Å². The van der Waals surface area contributed by atoms with E-state index >= 15 is 0 Å². The summed E-state index contributed by atoms with van der Waals surface area (Å²) in [6.45, 7) is 0. The van der Waals surface area contributed by atoms with Crippen molar-refractivity contribution in [2.75, 3.05) is 5.32 Å². The van der Waals surface area contributed by atoms with Crippen LogP contribution >= 0.6 is 0 Å². The fourth-order valence-corrected chi connectivity index (χ4v) is 2.65. The molecule has 25 heavy (non-hydrogen) atoms. The number of benzene rings is 2. The van der Waals surface area contributed by atoms with Crippen molar-refractivity contribution >= 4 is 22.5 Å². The SMILES string of the molecule is Cn1c#cc(Nc2nc3ccc(F)cc3c(=O)n2-c2ccccc2)c1. The van der Waals surface area contributed by atoms with Gasteiger partial charge in [-0.15, -0.1) is 0 Å². The lowest BCUT2D eigenvalue weighted by molar-refractivity contribution is 0.629. The summed E-state index contributed by atoms with van der Waals surface area (Å²) in [4.78, 5) is 17.5. The third-order valence-corrected chi connectivity index (χ3v) is 3.78. The molecule has 0 aliphatic rings. The molecule has 0 fully saturated rings. The van der Waals surface area contributed by atoms with Crippen LogP contribution in [0.4, 0.5) is 16.0 Å². The molecule has 0 aliphatic carbocycles. The number of anilines is 2. The molecule has 0 amide bonds. The maximum Gasteiger partial charge on any atom is 0.267 e. The van der Waals surface area contributed by atoms with E-state index in [0.29, 0.717) is 22.8 Å². The summed E-state index contributed by atoms with van der Waals surface area (Å²) in [7, 11) is 1.82. The molecule has 5 nitrogen and oxygen atoms in total. The molecule has 122 valence electrons. The number of aromatic nitrogens is 3. The molecule has 2 aromatic heterocycles. The molecule has 0 spiro atoms. The Bertz CT molecular complexity index is 1120. The first-order valence-electron chi connectivity index (χ1n) is 7.63. The summed E-state index contributed by atoms with van der Waals surface area (Å²) >= 11 is 0. The van der Waals surface area contributed by atoms with Crippen LogP contribution in [0.15, 0.2) is 59.5 Å². The minimum atomic E-state index is -0.474. The zero-order valence-corrected chi connectivity index (χ0v) is 13.3. The van der Waals surface area contributed by atoms with Crippen LogP contribution in [0.25, 0.3) is 16.6 Å². The quantitative estimate of drug-likeness (QED) is 0.627. The Morgan fingerprint density at radius 3 is 2.68 bits per heavy atom. The largest absolute Gasteiger partial charge is 0.317 e. The average Bonchev–Trinajstić information content (AvgIpc) is 3.01. The summed E-state index contributed by atoms with van der Waals surface area (Å²) in [5.41, 5.74) is 1.33. The van der Waals surface area contributed by atoms with E-state index in [-0.39, 0.29) is 10.9 Å². The van der Waals surface area contributed by atoms with E-state index in [1.54, 1.807) is 22.9 Å². The molecule has 4 aromatic rings. The van der Waals surface area contributed by atoms with Crippen molar-refractivity contribution in [1.82, 2.24) is 14.1 Å². The summed E-state index contributed by atoms with van der Waals surface area (Å²) in [5.74, 6) is -0.149. The lowest BCUT2D eigenvalue weighted by Crippen LogP contribution is -2.22. The fraction of sp³-hybridized carbons (Fsp3) is 0.0526. The van der Waals surface area contributed by atoms with Crippen molar-refractivity contribution in [1.29, 1.82) is 0 Å². The molecule has 2 aromatic carbocycles. The van der Waals surface area contributed by atoms with Gasteiger partial charge in [0.15, 0.2) is 0 Å². The summed E-state index contributed by atoms with van der Waals surface area (Å²) in [5, 5.41) is 3.31. The molecule has 0 unspecified atom stereocenters. The van der Waals surface area contributed by atoms with Gasteiger partial charge in [0.25, 0.3) is 5.56 Å². The van der Waals surface area contributed by atoms with Crippen LogP contribution in [0.5, 0.6) is 0 Å². The highest BCUT2D eigenvalue weighted by molar-refractivity contribution is 5.80. The number of rotatable bonds is 3. The zero-order chi connectivity index (χ0) is 17.4. The molecule has 1 N–H and O–H groups in total. The maximum absolute atomic E-state index is 13.6. The number of halogens is 1. The number of nitrogens with one attached hydrogen (secondary N) is 1. The second-order valence-corrected chi connectivity index (χ2v) is 5.59. The molecule has 0 bridgehead atoms. The number of hydrogen-bond donors (Lipinski definition) is 1. The second-order valence-electron chi connectivity index (χ2n) is 5.59. The normalized spacial score (nSPS) is 10.6. The maximum atomic E-state index is 13.6. The van der Waals surface area contributed by atoms with Crippen LogP contribution in [-0.2, 0) is 7.05 Å². The van der Waals surface area contributed by atoms with Crippen LogP contribution in [0.1, 0.15) is 0 Å². The van der Waals surface area contributed by atoms with Crippen LogP contribution < -0.4 is 10.9 Å². The number of para-hydroxylation sites is 1. The molecule has 6 heteroatoms. The number of nitrogens with zero attached hydrogens (tertiary/aromatic N) is 3. The van der Waals surface area contributed by atoms with Gasteiger partial charge in [-0.1, -0.05) is 18.2 Å².